The van der Waals surface area contributed by atoms with Crippen LogP contribution in [0.15, 0.2) is 42.2 Å². The average Bonchev–Trinajstić information content (AvgIpc) is 2.90. The van der Waals surface area contributed by atoms with Crippen LogP contribution < -0.4 is 0 Å². The molecule has 0 aromatic heterocycles. The Bertz CT molecular complexity index is 675. The Hall–Kier alpha value is -1.90. The molecule has 6 atom stereocenters. The van der Waals surface area contributed by atoms with Gasteiger partial charge in [-0.1, -0.05) is 18.2 Å². The summed E-state index contributed by atoms with van der Waals surface area (Å²) in [6.45, 7) is 0. The summed E-state index contributed by atoms with van der Waals surface area (Å²) in [5.74, 6) is 3.53. The Labute approximate surface area is 123 Å². The van der Waals surface area contributed by atoms with Gasteiger partial charge in [-0.3, -0.25) is 4.79 Å². The molecule has 0 spiro atoms. The number of fused-ring (bicyclic) bond motifs is 8. The number of carbonyl (C=O) groups is 2. The van der Waals surface area contributed by atoms with E-state index in [1.54, 1.807) is 12.1 Å². The van der Waals surface area contributed by atoms with E-state index in [0.717, 1.165) is 18.6 Å². The highest BCUT2D eigenvalue weighted by Crippen LogP contribution is 2.70. The van der Waals surface area contributed by atoms with Gasteiger partial charge in [0.2, 0.25) is 0 Å². The summed E-state index contributed by atoms with van der Waals surface area (Å²) < 4.78 is 5.68. The lowest BCUT2D eigenvalue weighted by Gasteiger charge is -2.25. The van der Waals surface area contributed by atoms with Crippen LogP contribution in [0.4, 0.5) is 0 Å². The van der Waals surface area contributed by atoms with Crippen LogP contribution in [0.3, 0.4) is 0 Å². The van der Waals surface area contributed by atoms with Crippen molar-refractivity contribution >= 4 is 11.8 Å². The highest BCUT2D eigenvalue weighted by atomic mass is 16.5. The van der Waals surface area contributed by atoms with Crippen molar-refractivity contribution in [3.63, 3.8) is 0 Å². The lowest BCUT2D eigenvalue weighted by Crippen LogP contribution is -2.23. The summed E-state index contributed by atoms with van der Waals surface area (Å²) in [6.07, 6.45) is 4.22. The molecular weight excluding hydrogens is 264 g/mol. The molecule has 3 saturated carbocycles. The van der Waals surface area contributed by atoms with Crippen LogP contribution in [0, 0.1) is 35.5 Å². The second-order valence-corrected chi connectivity index (χ2v) is 6.80. The van der Waals surface area contributed by atoms with E-state index in [4.69, 9.17) is 4.74 Å². The molecule has 21 heavy (non-hydrogen) atoms. The van der Waals surface area contributed by atoms with Crippen molar-refractivity contribution in [1.82, 2.24) is 0 Å². The minimum Gasteiger partial charge on any atom is -0.427 e. The first-order valence-electron chi connectivity index (χ1n) is 7.76. The normalized spacial score (nSPS) is 41.5. The van der Waals surface area contributed by atoms with Gasteiger partial charge < -0.3 is 4.74 Å². The minimum absolute atomic E-state index is 0.274. The topological polar surface area (TPSA) is 43.4 Å². The quantitative estimate of drug-likeness (QED) is 0.782. The van der Waals surface area contributed by atoms with Crippen molar-refractivity contribution in [3.8, 4) is 0 Å². The monoisotopic (exact) mass is 280 g/mol. The maximum Gasteiger partial charge on any atom is 0.343 e. The molecule has 106 valence electrons. The molecule has 1 aromatic rings. The van der Waals surface area contributed by atoms with E-state index in [1.807, 2.05) is 18.2 Å². The fourth-order valence-corrected chi connectivity index (χ4v) is 5.22. The molecule has 3 heteroatoms. The first-order valence-corrected chi connectivity index (χ1v) is 7.76. The number of esters is 1. The van der Waals surface area contributed by atoms with Gasteiger partial charge in [-0.25, -0.2) is 4.79 Å². The van der Waals surface area contributed by atoms with Crippen molar-refractivity contribution in [2.24, 2.45) is 35.5 Å². The zero-order valence-electron chi connectivity index (χ0n) is 11.6. The second-order valence-electron chi connectivity index (χ2n) is 6.80. The molecule has 4 aliphatic rings. The largest absolute Gasteiger partial charge is 0.427 e. The van der Waals surface area contributed by atoms with E-state index in [1.165, 1.54) is 0 Å². The molecule has 0 amide bonds. The van der Waals surface area contributed by atoms with E-state index in [-0.39, 0.29) is 11.9 Å². The Kier molecular flexibility index (Phi) is 2.15. The zero-order valence-corrected chi connectivity index (χ0v) is 11.6. The van der Waals surface area contributed by atoms with Crippen molar-refractivity contribution in [3.05, 3.63) is 47.7 Å². The first-order chi connectivity index (χ1) is 10.3. The van der Waals surface area contributed by atoms with Gasteiger partial charge in [0.15, 0.2) is 0 Å². The molecule has 0 heterocycles. The zero-order chi connectivity index (χ0) is 14.1. The van der Waals surface area contributed by atoms with Crippen LogP contribution in [0.25, 0.3) is 0 Å². The number of Topliss-reactive ketones (excluding diaryl/α,β-unsaturated/α-hetero) is 1. The molecule has 2 bridgehead atoms. The van der Waals surface area contributed by atoms with Gasteiger partial charge in [0, 0.05) is 17.8 Å². The van der Waals surface area contributed by atoms with Gasteiger partial charge in [-0.05, 0) is 48.8 Å². The molecule has 5 rings (SSSR count). The number of ketones is 1. The lowest BCUT2D eigenvalue weighted by atomic mass is 9.81. The third-order valence-electron chi connectivity index (χ3n) is 6.01. The van der Waals surface area contributed by atoms with Crippen LogP contribution in [0.5, 0.6) is 0 Å². The maximum absolute atomic E-state index is 12.2. The van der Waals surface area contributed by atoms with Crippen LogP contribution in [0.1, 0.15) is 23.2 Å². The van der Waals surface area contributed by atoms with E-state index in [2.05, 4.69) is 6.08 Å². The smallest absolute Gasteiger partial charge is 0.343 e. The number of allylic oxidation sites excluding steroid dienone is 2. The van der Waals surface area contributed by atoms with Crippen LogP contribution in [-0.4, -0.2) is 11.8 Å². The molecule has 3 nitrogen and oxygen atoms in total. The van der Waals surface area contributed by atoms with Gasteiger partial charge >= 0.3 is 5.97 Å². The summed E-state index contributed by atoms with van der Waals surface area (Å²) in [6, 6.07) is 9.12. The van der Waals surface area contributed by atoms with Gasteiger partial charge in [-0.2, -0.15) is 0 Å². The summed E-state index contributed by atoms with van der Waals surface area (Å²) in [5.41, 5.74) is 0.588. The molecule has 0 saturated heterocycles. The number of hydrogen-bond acceptors (Lipinski definition) is 3. The number of benzene rings is 1. The van der Waals surface area contributed by atoms with Crippen molar-refractivity contribution in [1.29, 1.82) is 0 Å². The van der Waals surface area contributed by atoms with Gasteiger partial charge in [0.05, 0.1) is 5.56 Å². The predicted molar refractivity (Wildman–Crippen MR) is 75.1 cm³/mol. The fraction of sp³-hybridized carbons (Fsp3) is 0.444. The van der Waals surface area contributed by atoms with E-state index < -0.39 is 0 Å². The van der Waals surface area contributed by atoms with E-state index >= 15 is 0 Å². The number of rotatable bonds is 2. The molecule has 0 radical (unpaired) electrons. The first kappa shape index (κ1) is 11.7. The van der Waals surface area contributed by atoms with Gasteiger partial charge in [0.25, 0.3) is 0 Å². The second kappa shape index (κ2) is 3.85. The number of carbonyl (C=O) groups excluding carboxylic acids is 2. The predicted octanol–water partition coefficient (Wildman–Crippen LogP) is 2.83. The van der Waals surface area contributed by atoms with Crippen LogP contribution >= 0.6 is 0 Å². The van der Waals surface area contributed by atoms with E-state index in [9.17, 15) is 9.59 Å². The van der Waals surface area contributed by atoms with Crippen molar-refractivity contribution in [2.75, 3.05) is 0 Å². The molecule has 0 unspecified atom stereocenters. The van der Waals surface area contributed by atoms with Crippen LogP contribution in [0.2, 0.25) is 0 Å². The Morgan fingerprint density at radius 2 is 1.76 bits per heavy atom. The lowest BCUT2D eigenvalue weighted by molar-refractivity contribution is -0.113. The number of hydrogen-bond donors (Lipinski definition) is 0. The summed E-state index contributed by atoms with van der Waals surface area (Å²) in [4.78, 5) is 24.0. The highest BCUT2D eigenvalue weighted by molar-refractivity contribution is 6.01. The van der Waals surface area contributed by atoms with Gasteiger partial charge in [0.1, 0.15) is 11.5 Å². The van der Waals surface area contributed by atoms with Crippen molar-refractivity contribution in [2.45, 2.75) is 12.8 Å². The Morgan fingerprint density at radius 3 is 2.57 bits per heavy atom. The fourth-order valence-electron chi connectivity index (χ4n) is 5.22. The molecule has 0 aliphatic heterocycles. The standard InChI is InChI=1S/C18H16O3/c19-17-15-11-8-12(16(15)17)14-10(11)6-7-13(14)21-18(20)9-4-2-1-3-5-9/h1-5,7,10-12,14-16H,6,8H2/t10-,11-,12+,14-,15-,16+/m0/s1. The third kappa shape index (κ3) is 1.44. The minimum atomic E-state index is -0.274. The molecule has 4 aliphatic carbocycles. The molecular formula is C18H16O3. The molecule has 0 N–H and O–H groups in total. The summed E-state index contributed by atoms with van der Waals surface area (Å²) >= 11 is 0. The SMILES string of the molecule is O=C(OC1=CC[C@H]2[C@@H]3C[C@H]([C@@H]12)[C@H]1C(=O)[C@@H]31)c1ccccc1. The van der Waals surface area contributed by atoms with Crippen molar-refractivity contribution < 1.29 is 14.3 Å². The molecule has 1 aromatic carbocycles. The third-order valence-corrected chi connectivity index (χ3v) is 6.01. The Morgan fingerprint density at radius 1 is 1.00 bits per heavy atom. The summed E-state index contributed by atoms with van der Waals surface area (Å²) in [7, 11) is 0. The number of ether oxygens (including phenoxy) is 1. The van der Waals surface area contributed by atoms with E-state index in [0.29, 0.717) is 40.9 Å². The van der Waals surface area contributed by atoms with Crippen LogP contribution in [-0.2, 0) is 9.53 Å². The molecule has 3 fully saturated rings. The highest BCUT2D eigenvalue weighted by Gasteiger charge is 2.72. The maximum atomic E-state index is 12.2. The van der Waals surface area contributed by atoms with Gasteiger partial charge in [-0.15, -0.1) is 0 Å². The summed E-state index contributed by atoms with van der Waals surface area (Å²) in [5, 5.41) is 0. The average molecular weight is 280 g/mol. The Balaban J connectivity index is 1.38.